The molecule has 0 aliphatic heterocycles. The first-order chi connectivity index (χ1) is 9.77. The molecule has 1 aromatic rings. The molecule has 0 fully saturated rings. The lowest BCUT2D eigenvalue weighted by Gasteiger charge is -2.09. The standard InChI is InChI=1S/C11H16F3N3O3S.ClH/c1-20-7-6-15-4-5-17-21(18,19)9-2-3-10(16-8-9)11(12,13)14;/h2-3,8,15,17H,4-7H2,1H3;1H. The fourth-order valence-electron chi connectivity index (χ4n) is 1.36. The minimum atomic E-state index is -4.60. The zero-order valence-electron chi connectivity index (χ0n) is 11.7. The van der Waals surface area contributed by atoms with Crippen molar-refractivity contribution in [2.45, 2.75) is 11.1 Å². The number of sulfonamides is 1. The van der Waals surface area contributed by atoms with Gasteiger partial charge >= 0.3 is 6.18 Å². The first kappa shape index (κ1) is 21.1. The van der Waals surface area contributed by atoms with Crippen LogP contribution in [0.3, 0.4) is 0 Å². The number of pyridine rings is 1. The molecule has 22 heavy (non-hydrogen) atoms. The van der Waals surface area contributed by atoms with E-state index in [1.165, 1.54) is 0 Å². The van der Waals surface area contributed by atoms with Gasteiger partial charge in [0.05, 0.1) is 6.61 Å². The normalized spacial score (nSPS) is 12.0. The third-order valence-corrected chi connectivity index (χ3v) is 3.86. The van der Waals surface area contributed by atoms with Crippen molar-refractivity contribution >= 4 is 22.4 Å². The van der Waals surface area contributed by atoms with Crippen LogP contribution >= 0.6 is 12.4 Å². The van der Waals surface area contributed by atoms with Gasteiger partial charge in [-0.3, -0.25) is 4.98 Å². The Hall–Kier alpha value is -0.940. The van der Waals surface area contributed by atoms with Crippen LogP contribution in [0.15, 0.2) is 23.2 Å². The Labute approximate surface area is 132 Å². The number of methoxy groups -OCH3 is 1. The molecule has 1 heterocycles. The highest BCUT2D eigenvalue weighted by Crippen LogP contribution is 2.27. The van der Waals surface area contributed by atoms with Crippen molar-refractivity contribution in [2.24, 2.45) is 0 Å². The Morgan fingerprint density at radius 1 is 1.23 bits per heavy atom. The number of hydrogen-bond donors (Lipinski definition) is 2. The highest BCUT2D eigenvalue weighted by Gasteiger charge is 2.32. The maximum absolute atomic E-state index is 12.3. The zero-order chi connectivity index (χ0) is 15.9. The molecule has 0 aliphatic rings. The molecule has 0 radical (unpaired) electrons. The number of ether oxygens (including phenoxy) is 1. The van der Waals surface area contributed by atoms with Gasteiger partial charge in [-0.1, -0.05) is 0 Å². The first-order valence-corrected chi connectivity index (χ1v) is 7.48. The van der Waals surface area contributed by atoms with Crippen LogP contribution in [-0.4, -0.2) is 46.8 Å². The van der Waals surface area contributed by atoms with Crippen LogP contribution in [0.25, 0.3) is 0 Å². The number of hydrogen-bond acceptors (Lipinski definition) is 5. The summed E-state index contributed by atoms with van der Waals surface area (Å²) < 4.78 is 67.6. The predicted octanol–water partition coefficient (Wildman–Crippen LogP) is 1.04. The van der Waals surface area contributed by atoms with Gasteiger partial charge in [0.2, 0.25) is 10.0 Å². The van der Waals surface area contributed by atoms with E-state index in [1.807, 2.05) is 0 Å². The maximum atomic E-state index is 12.3. The smallest absolute Gasteiger partial charge is 0.383 e. The van der Waals surface area contributed by atoms with Crippen molar-refractivity contribution in [2.75, 3.05) is 33.4 Å². The average Bonchev–Trinajstić information content (AvgIpc) is 2.42. The summed E-state index contributed by atoms with van der Waals surface area (Å²) in [4.78, 5) is 2.80. The maximum Gasteiger partial charge on any atom is 0.433 e. The lowest BCUT2D eigenvalue weighted by Crippen LogP contribution is -2.33. The van der Waals surface area contributed by atoms with Gasteiger partial charge in [-0.05, 0) is 12.1 Å². The van der Waals surface area contributed by atoms with E-state index in [4.69, 9.17) is 4.74 Å². The highest BCUT2D eigenvalue weighted by molar-refractivity contribution is 7.89. The lowest BCUT2D eigenvalue weighted by atomic mass is 10.3. The fourth-order valence-corrected chi connectivity index (χ4v) is 2.34. The molecule has 0 atom stereocenters. The minimum Gasteiger partial charge on any atom is -0.383 e. The minimum absolute atomic E-state index is 0. The molecule has 6 nitrogen and oxygen atoms in total. The van der Waals surface area contributed by atoms with E-state index >= 15 is 0 Å². The molecule has 1 aromatic heterocycles. The molecule has 0 unspecified atom stereocenters. The summed E-state index contributed by atoms with van der Waals surface area (Å²) >= 11 is 0. The van der Waals surface area contributed by atoms with Gasteiger partial charge in [-0.15, -0.1) is 12.4 Å². The van der Waals surface area contributed by atoms with Crippen molar-refractivity contribution < 1.29 is 26.3 Å². The van der Waals surface area contributed by atoms with E-state index in [9.17, 15) is 21.6 Å². The monoisotopic (exact) mass is 363 g/mol. The Kier molecular flexibility index (Phi) is 8.86. The quantitative estimate of drug-likeness (QED) is 0.674. The number of nitrogens with one attached hydrogen (secondary N) is 2. The molecule has 2 N–H and O–H groups in total. The van der Waals surface area contributed by atoms with E-state index in [-0.39, 0.29) is 23.8 Å². The molecule has 0 amide bonds. The molecule has 1 rings (SSSR count). The van der Waals surface area contributed by atoms with E-state index in [0.717, 1.165) is 6.07 Å². The molecular formula is C11H17ClF3N3O3S. The Morgan fingerprint density at radius 3 is 2.41 bits per heavy atom. The van der Waals surface area contributed by atoms with Gasteiger partial charge in [0.15, 0.2) is 0 Å². The number of rotatable bonds is 8. The lowest BCUT2D eigenvalue weighted by molar-refractivity contribution is -0.141. The van der Waals surface area contributed by atoms with Crippen LogP contribution < -0.4 is 10.0 Å². The van der Waals surface area contributed by atoms with Crippen LogP contribution in [0, 0.1) is 0 Å². The third-order valence-electron chi connectivity index (χ3n) is 2.41. The van der Waals surface area contributed by atoms with E-state index in [2.05, 4.69) is 15.0 Å². The number of nitrogens with zero attached hydrogens (tertiary/aromatic N) is 1. The van der Waals surface area contributed by atoms with Gasteiger partial charge in [0.25, 0.3) is 0 Å². The Balaban J connectivity index is 0.00000441. The summed E-state index contributed by atoms with van der Waals surface area (Å²) in [5.41, 5.74) is -1.14. The van der Waals surface area contributed by atoms with Gasteiger partial charge in [-0.2, -0.15) is 13.2 Å². The highest BCUT2D eigenvalue weighted by atomic mass is 35.5. The van der Waals surface area contributed by atoms with Crippen molar-refractivity contribution in [1.29, 1.82) is 0 Å². The molecule has 11 heteroatoms. The van der Waals surface area contributed by atoms with Crippen LogP contribution in [0.2, 0.25) is 0 Å². The molecule has 0 saturated carbocycles. The SMILES string of the molecule is COCCNCCNS(=O)(=O)c1ccc(C(F)(F)F)nc1.Cl. The van der Waals surface area contributed by atoms with Gasteiger partial charge in [0, 0.05) is 32.9 Å². The number of halogens is 4. The van der Waals surface area contributed by atoms with Crippen LogP contribution in [0.1, 0.15) is 5.69 Å². The van der Waals surface area contributed by atoms with Crippen LogP contribution in [0.5, 0.6) is 0 Å². The van der Waals surface area contributed by atoms with Gasteiger partial charge in [-0.25, -0.2) is 13.1 Å². The second-order valence-electron chi connectivity index (χ2n) is 4.02. The summed E-state index contributed by atoms with van der Waals surface area (Å²) in [5.74, 6) is 0. The van der Waals surface area contributed by atoms with Crippen molar-refractivity contribution in [3.05, 3.63) is 24.0 Å². The fraction of sp³-hybridized carbons (Fsp3) is 0.545. The molecule has 0 saturated heterocycles. The summed E-state index contributed by atoms with van der Waals surface area (Å²) in [5, 5.41) is 2.92. The molecule has 0 aromatic carbocycles. The molecule has 0 aliphatic carbocycles. The van der Waals surface area contributed by atoms with Crippen molar-refractivity contribution in [1.82, 2.24) is 15.0 Å². The molecule has 0 spiro atoms. The topological polar surface area (TPSA) is 80.3 Å². The van der Waals surface area contributed by atoms with Crippen LogP contribution in [-0.2, 0) is 20.9 Å². The van der Waals surface area contributed by atoms with E-state index in [1.54, 1.807) is 7.11 Å². The molecular weight excluding hydrogens is 347 g/mol. The largest absolute Gasteiger partial charge is 0.433 e. The zero-order valence-corrected chi connectivity index (χ0v) is 13.3. The van der Waals surface area contributed by atoms with Crippen molar-refractivity contribution in [3.63, 3.8) is 0 Å². The Morgan fingerprint density at radius 2 is 1.91 bits per heavy atom. The van der Waals surface area contributed by atoms with E-state index in [0.29, 0.717) is 32.0 Å². The molecule has 0 bridgehead atoms. The summed E-state index contributed by atoms with van der Waals surface area (Å²) in [7, 11) is -2.32. The third kappa shape index (κ3) is 6.88. The summed E-state index contributed by atoms with van der Waals surface area (Å²) in [6.07, 6.45) is -3.91. The second-order valence-corrected chi connectivity index (χ2v) is 5.78. The first-order valence-electron chi connectivity index (χ1n) is 6.00. The summed E-state index contributed by atoms with van der Waals surface area (Å²) in [6.45, 7) is 1.54. The predicted molar refractivity (Wildman–Crippen MR) is 76.4 cm³/mol. The Bertz CT molecular complexity index is 538. The summed E-state index contributed by atoms with van der Waals surface area (Å²) in [6, 6.07) is 1.50. The number of alkyl halides is 3. The average molecular weight is 364 g/mol. The molecule has 128 valence electrons. The van der Waals surface area contributed by atoms with Gasteiger partial charge < -0.3 is 10.1 Å². The van der Waals surface area contributed by atoms with E-state index < -0.39 is 21.9 Å². The van der Waals surface area contributed by atoms with Crippen LogP contribution in [0.4, 0.5) is 13.2 Å². The number of aromatic nitrogens is 1. The van der Waals surface area contributed by atoms with Crippen molar-refractivity contribution in [3.8, 4) is 0 Å². The second kappa shape index (κ2) is 9.26. The van der Waals surface area contributed by atoms with Gasteiger partial charge in [0.1, 0.15) is 10.6 Å².